The lowest BCUT2D eigenvalue weighted by Gasteiger charge is -2.29. The maximum Gasteiger partial charge on any atom is 0.268 e. The van der Waals surface area contributed by atoms with Gasteiger partial charge in [0.15, 0.2) is 0 Å². The van der Waals surface area contributed by atoms with Crippen LogP contribution in [0.2, 0.25) is 0 Å². The number of piperidine rings is 1. The zero-order valence-corrected chi connectivity index (χ0v) is 16.9. The normalized spacial score (nSPS) is 21.0. The van der Waals surface area contributed by atoms with Crippen molar-refractivity contribution in [3.63, 3.8) is 0 Å². The van der Waals surface area contributed by atoms with E-state index in [1.54, 1.807) is 18.2 Å². The summed E-state index contributed by atoms with van der Waals surface area (Å²) in [6.07, 6.45) is 7.28. The number of sulfonamides is 1. The third-order valence-corrected chi connectivity index (χ3v) is 8.05. The van der Waals surface area contributed by atoms with Crippen molar-refractivity contribution in [1.29, 1.82) is 0 Å². The first-order valence-electron chi connectivity index (χ1n) is 9.81. The average Bonchev–Trinajstić information content (AvgIpc) is 2.91. The third kappa shape index (κ3) is 3.83. The zero-order valence-electron chi connectivity index (χ0n) is 16.1. The molecule has 1 saturated heterocycles. The molecule has 2 heterocycles. The van der Waals surface area contributed by atoms with E-state index in [2.05, 4.69) is 17.2 Å². The van der Waals surface area contributed by atoms with Gasteiger partial charge in [-0.3, -0.25) is 4.79 Å². The highest BCUT2D eigenvalue weighted by atomic mass is 32.2. The molecule has 2 aliphatic rings. The molecule has 2 fully saturated rings. The summed E-state index contributed by atoms with van der Waals surface area (Å²) in [4.78, 5) is 16.0. The molecular formula is C19H31N3O3S. The van der Waals surface area contributed by atoms with Gasteiger partial charge in [-0.1, -0.05) is 26.2 Å². The van der Waals surface area contributed by atoms with Crippen molar-refractivity contribution in [2.24, 2.45) is 5.92 Å². The number of carbonyl (C=O) groups excluding carboxylic acids is 1. The maximum atomic E-state index is 13.1. The number of hydrogen-bond donors (Lipinski definition) is 2. The van der Waals surface area contributed by atoms with Crippen LogP contribution in [-0.2, 0) is 10.0 Å². The number of aromatic amines is 1. The number of carbonyl (C=O) groups is 1. The van der Waals surface area contributed by atoms with Crippen LogP contribution in [0.15, 0.2) is 4.90 Å². The maximum absolute atomic E-state index is 13.1. The Hall–Kier alpha value is -1.34. The molecule has 1 aromatic rings. The summed E-state index contributed by atoms with van der Waals surface area (Å²) in [5.41, 5.74) is 1.47. The molecule has 0 spiro atoms. The van der Waals surface area contributed by atoms with Gasteiger partial charge in [-0.25, -0.2) is 8.42 Å². The molecule has 0 unspecified atom stereocenters. The Morgan fingerprint density at radius 3 is 2.31 bits per heavy atom. The lowest BCUT2D eigenvalue weighted by atomic mass is 9.95. The van der Waals surface area contributed by atoms with Crippen LogP contribution in [0.1, 0.15) is 73.6 Å². The molecule has 1 amide bonds. The number of aryl methyl sites for hydroxylation is 1. The van der Waals surface area contributed by atoms with Gasteiger partial charge in [-0.05, 0) is 51.0 Å². The summed E-state index contributed by atoms with van der Waals surface area (Å²) in [6.45, 7) is 6.74. The van der Waals surface area contributed by atoms with Crippen molar-refractivity contribution >= 4 is 15.9 Å². The van der Waals surface area contributed by atoms with Crippen LogP contribution in [0.3, 0.4) is 0 Å². The van der Waals surface area contributed by atoms with E-state index in [-0.39, 0.29) is 16.8 Å². The minimum atomic E-state index is -3.57. The topological polar surface area (TPSA) is 82.3 Å². The molecule has 1 saturated carbocycles. The van der Waals surface area contributed by atoms with Crippen LogP contribution < -0.4 is 5.32 Å². The van der Waals surface area contributed by atoms with Gasteiger partial charge in [0.2, 0.25) is 10.0 Å². The SMILES string of the molecule is Cc1[nH]c(C(=O)NC2CCCCC2)c(C)c1S(=O)(=O)N1CCC(C)CC1. The fraction of sp³-hybridized carbons (Fsp3) is 0.737. The van der Waals surface area contributed by atoms with E-state index in [1.807, 2.05) is 0 Å². The van der Waals surface area contributed by atoms with Crippen molar-refractivity contribution in [3.8, 4) is 0 Å². The molecule has 1 aliphatic heterocycles. The number of aromatic nitrogens is 1. The van der Waals surface area contributed by atoms with E-state index in [1.165, 1.54) is 6.42 Å². The third-order valence-electron chi connectivity index (χ3n) is 5.88. The summed E-state index contributed by atoms with van der Waals surface area (Å²) in [5.74, 6) is 0.373. The van der Waals surface area contributed by atoms with Crippen molar-refractivity contribution < 1.29 is 13.2 Å². The molecule has 0 bridgehead atoms. The molecule has 0 radical (unpaired) electrons. The average molecular weight is 382 g/mol. The van der Waals surface area contributed by atoms with E-state index in [0.29, 0.717) is 36.0 Å². The zero-order chi connectivity index (χ0) is 18.9. The Kier molecular flexibility index (Phi) is 5.77. The Morgan fingerprint density at radius 1 is 1.08 bits per heavy atom. The van der Waals surface area contributed by atoms with Gasteiger partial charge in [0.05, 0.1) is 0 Å². The highest BCUT2D eigenvalue weighted by molar-refractivity contribution is 7.89. The first-order valence-corrected chi connectivity index (χ1v) is 11.2. The molecule has 26 heavy (non-hydrogen) atoms. The van der Waals surface area contributed by atoms with Gasteiger partial charge in [0.25, 0.3) is 5.91 Å². The van der Waals surface area contributed by atoms with E-state index < -0.39 is 10.0 Å². The number of nitrogens with zero attached hydrogens (tertiary/aromatic N) is 1. The minimum Gasteiger partial charge on any atom is -0.353 e. The second kappa shape index (κ2) is 7.72. The van der Waals surface area contributed by atoms with Crippen LogP contribution >= 0.6 is 0 Å². The van der Waals surface area contributed by atoms with Crippen molar-refractivity contribution in [1.82, 2.24) is 14.6 Å². The first kappa shape index (κ1) is 19.4. The minimum absolute atomic E-state index is 0.189. The highest BCUT2D eigenvalue weighted by Crippen LogP contribution is 2.29. The van der Waals surface area contributed by atoms with Gasteiger partial charge >= 0.3 is 0 Å². The Bertz CT molecular complexity index is 755. The summed E-state index contributed by atoms with van der Waals surface area (Å²) in [6, 6.07) is 0.197. The Labute approximate surface area is 156 Å². The molecular weight excluding hydrogens is 350 g/mol. The summed E-state index contributed by atoms with van der Waals surface area (Å²) in [5, 5.41) is 3.07. The standard InChI is InChI=1S/C19H31N3O3S/c1-13-9-11-22(12-10-13)26(24,25)18-14(2)17(20-15(18)3)19(23)21-16-7-5-4-6-8-16/h13,16,20H,4-12H2,1-3H3,(H,21,23). The van der Waals surface area contributed by atoms with Crippen LogP contribution in [-0.4, -0.2) is 42.7 Å². The smallest absolute Gasteiger partial charge is 0.268 e. The summed E-state index contributed by atoms with van der Waals surface area (Å²) >= 11 is 0. The molecule has 7 heteroatoms. The van der Waals surface area contributed by atoms with Gasteiger partial charge < -0.3 is 10.3 Å². The van der Waals surface area contributed by atoms with Crippen LogP contribution in [0.5, 0.6) is 0 Å². The fourth-order valence-corrected chi connectivity index (χ4v) is 6.08. The molecule has 1 aliphatic carbocycles. The quantitative estimate of drug-likeness (QED) is 0.841. The van der Waals surface area contributed by atoms with Gasteiger partial charge in [-0.15, -0.1) is 0 Å². The monoisotopic (exact) mass is 381 g/mol. The van der Waals surface area contributed by atoms with Crippen molar-refractivity contribution in [3.05, 3.63) is 17.0 Å². The second-order valence-corrected chi connectivity index (χ2v) is 9.85. The van der Waals surface area contributed by atoms with Gasteiger partial charge in [0.1, 0.15) is 10.6 Å². The highest BCUT2D eigenvalue weighted by Gasteiger charge is 2.33. The molecule has 146 valence electrons. The van der Waals surface area contributed by atoms with E-state index in [0.717, 1.165) is 38.5 Å². The molecule has 0 atom stereocenters. The predicted molar refractivity (Wildman–Crippen MR) is 102 cm³/mol. The summed E-state index contributed by atoms with van der Waals surface area (Å²) < 4.78 is 27.8. The molecule has 3 rings (SSSR count). The Balaban J connectivity index is 1.82. The largest absolute Gasteiger partial charge is 0.353 e. The number of amides is 1. The van der Waals surface area contributed by atoms with E-state index in [4.69, 9.17) is 0 Å². The number of hydrogen-bond acceptors (Lipinski definition) is 3. The van der Waals surface area contributed by atoms with Gasteiger partial charge in [-0.2, -0.15) is 4.31 Å². The predicted octanol–water partition coefficient (Wildman–Crippen LogP) is 3.11. The molecule has 2 N–H and O–H groups in total. The molecule has 0 aromatic carbocycles. The Morgan fingerprint density at radius 2 is 1.69 bits per heavy atom. The van der Waals surface area contributed by atoms with Crippen molar-refractivity contribution in [2.75, 3.05) is 13.1 Å². The first-order chi connectivity index (χ1) is 12.3. The van der Waals surface area contributed by atoms with E-state index >= 15 is 0 Å². The van der Waals surface area contributed by atoms with Crippen molar-refractivity contribution in [2.45, 2.75) is 76.7 Å². The van der Waals surface area contributed by atoms with Gasteiger partial charge in [0, 0.05) is 24.8 Å². The van der Waals surface area contributed by atoms with Crippen LogP contribution in [0.4, 0.5) is 0 Å². The molecule has 6 nitrogen and oxygen atoms in total. The fourth-order valence-electron chi connectivity index (χ4n) is 4.21. The number of H-pyrrole nitrogens is 1. The second-order valence-electron chi connectivity index (χ2n) is 7.97. The van der Waals surface area contributed by atoms with Crippen LogP contribution in [0, 0.1) is 19.8 Å². The lowest BCUT2D eigenvalue weighted by molar-refractivity contribution is 0.0922. The number of nitrogens with one attached hydrogen (secondary N) is 2. The van der Waals surface area contributed by atoms with E-state index in [9.17, 15) is 13.2 Å². The number of rotatable bonds is 4. The summed E-state index contributed by atoms with van der Waals surface area (Å²) in [7, 11) is -3.57. The lowest BCUT2D eigenvalue weighted by Crippen LogP contribution is -2.38. The molecule has 1 aromatic heterocycles. The van der Waals surface area contributed by atoms with Crippen LogP contribution in [0.25, 0.3) is 0 Å².